The quantitative estimate of drug-likeness (QED) is 0.635. The fourth-order valence-corrected chi connectivity index (χ4v) is 5.00. The van der Waals surface area contributed by atoms with Crippen molar-refractivity contribution < 1.29 is 4.79 Å². The van der Waals surface area contributed by atoms with E-state index in [2.05, 4.69) is 28.3 Å². The van der Waals surface area contributed by atoms with Crippen molar-refractivity contribution in [2.45, 2.75) is 44.7 Å². The number of nitriles is 1. The first-order valence-electron chi connectivity index (χ1n) is 8.37. The largest absolute Gasteiger partial charge is 0.316 e. The molecule has 25 heavy (non-hydrogen) atoms. The summed E-state index contributed by atoms with van der Waals surface area (Å²) in [5, 5.41) is 13.7. The molecule has 1 atom stereocenters. The van der Waals surface area contributed by atoms with Crippen LogP contribution in [-0.2, 0) is 17.6 Å². The second kappa shape index (κ2) is 7.98. The van der Waals surface area contributed by atoms with Crippen molar-refractivity contribution in [3.05, 3.63) is 34.0 Å². The van der Waals surface area contributed by atoms with E-state index in [1.807, 2.05) is 13.0 Å². The Kier molecular flexibility index (Phi) is 5.71. The van der Waals surface area contributed by atoms with Crippen LogP contribution in [0.15, 0.2) is 17.4 Å². The van der Waals surface area contributed by atoms with Gasteiger partial charge in [-0.05, 0) is 43.7 Å². The lowest BCUT2D eigenvalue weighted by Crippen LogP contribution is -2.14. The number of amides is 1. The summed E-state index contributed by atoms with van der Waals surface area (Å²) >= 11 is 2.86. The van der Waals surface area contributed by atoms with Gasteiger partial charge >= 0.3 is 0 Å². The molecule has 130 valence electrons. The van der Waals surface area contributed by atoms with Crippen molar-refractivity contribution in [3.63, 3.8) is 0 Å². The average molecular weight is 373 g/mol. The molecule has 0 bridgehead atoms. The third-order valence-electron chi connectivity index (χ3n) is 4.41. The Hall–Kier alpha value is -1.91. The van der Waals surface area contributed by atoms with Crippen molar-refractivity contribution in [1.82, 2.24) is 9.97 Å². The topological polar surface area (TPSA) is 78.7 Å². The first-order valence-corrected chi connectivity index (χ1v) is 10.2. The van der Waals surface area contributed by atoms with Crippen LogP contribution >= 0.6 is 23.1 Å². The van der Waals surface area contributed by atoms with Gasteiger partial charge in [0.1, 0.15) is 11.1 Å². The smallest absolute Gasteiger partial charge is 0.235 e. The van der Waals surface area contributed by atoms with Gasteiger partial charge in [-0.1, -0.05) is 25.1 Å². The Bertz CT molecular complexity index is 825. The molecule has 0 aliphatic heterocycles. The third-order valence-corrected chi connectivity index (χ3v) is 6.45. The number of fused-ring (bicyclic) bond motifs is 1. The van der Waals surface area contributed by atoms with Gasteiger partial charge in [0.15, 0.2) is 5.16 Å². The predicted molar refractivity (Wildman–Crippen MR) is 101 cm³/mol. The Balaban J connectivity index is 1.67. The van der Waals surface area contributed by atoms with Crippen molar-refractivity contribution in [3.8, 4) is 6.07 Å². The van der Waals surface area contributed by atoms with Crippen LogP contribution in [-0.4, -0.2) is 21.6 Å². The summed E-state index contributed by atoms with van der Waals surface area (Å²) < 4.78 is 0. The van der Waals surface area contributed by atoms with Gasteiger partial charge in [0.2, 0.25) is 5.91 Å². The average Bonchev–Trinajstić information content (AvgIpc) is 2.95. The van der Waals surface area contributed by atoms with E-state index in [4.69, 9.17) is 0 Å². The maximum atomic E-state index is 12.3. The van der Waals surface area contributed by atoms with Crippen molar-refractivity contribution in [1.29, 1.82) is 5.26 Å². The Morgan fingerprint density at radius 2 is 2.40 bits per heavy atom. The lowest BCUT2D eigenvalue weighted by molar-refractivity contribution is -0.113. The van der Waals surface area contributed by atoms with Crippen molar-refractivity contribution in [2.75, 3.05) is 11.1 Å². The second-order valence-corrected chi connectivity index (χ2v) is 8.20. The number of anilines is 1. The van der Waals surface area contributed by atoms with Gasteiger partial charge in [-0.2, -0.15) is 5.26 Å². The minimum Gasteiger partial charge on any atom is -0.316 e. The number of carbonyl (C=O) groups is 1. The number of nitrogens with one attached hydrogen (secondary N) is 1. The number of rotatable bonds is 5. The molecular weight excluding hydrogens is 352 g/mol. The molecule has 0 fully saturated rings. The van der Waals surface area contributed by atoms with E-state index >= 15 is 0 Å². The van der Waals surface area contributed by atoms with Crippen LogP contribution < -0.4 is 5.32 Å². The van der Waals surface area contributed by atoms with Gasteiger partial charge in [0.25, 0.3) is 0 Å². The summed E-state index contributed by atoms with van der Waals surface area (Å²) in [5.74, 6) is 0.793. The molecular formula is C18H20N4OS2. The Morgan fingerprint density at radius 3 is 3.12 bits per heavy atom. The molecule has 0 saturated carbocycles. The van der Waals surface area contributed by atoms with Gasteiger partial charge in [-0.25, -0.2) is 9.97 Å². The summed E-state index contributed by atoms with van der Waals surface area (Å²) in [6.07, 6.45) is 5.94. The van der Waals surface area contributed by atoms with Crippen LogP contribution in [0.2, 0.25) is 0 Å². The summed E-state index contributed by atoms with van der Waals surface area (Å²) in [6, 6.07) is 4.11. The van der Waals surface area contributed by atoms with E-state index in [0.717, 1.165) is 36.9 Å². The lowest BCUT2D eigenvalue weighted by Gasteiger charge is -2.20. The molecule has 1 aliphatic carbocycles. The highest BCUT2D eigenvalue weighted by atomic mass is 32.2. The minimum atomic E-state index is -0.128. The molecule has 2 aromatic rings. The zero-order chi connectivity index (χ0) is 17.8. The molecule has 7 heteroatoms. The number of thiophene rings is 1. The summed E-state index contributed by atoms with van der Waals surface area (Å²) in [5.41, 5.74) is 2.67. The molecule has 0 aromatic carbocycles. The fourth-order valence-electron chi connectivity index (χ4n) is 3.00. The Morgan fingerprint density at radius 1 is 1.56 bits per heavy atom. The number of hydrogen-bond donors (Lipinski definition) is 1. The van der Waals surface area contributed by atoms with E-state index < -0.39 is 0 Å². The van der Waals surface area contributed by atoms with Crippen molar-refractivity contribution in [2.24, 2.45) is 5.92 Å². The number of carbonyl (C=O) groups excluding carboxylic acids is 1. The second-order valence-electron chi connectivity index (χ2n) is 6.15. The summed E-state index contributed by atoms with van der Waals surface area (Å²) in [6.45, 7) is 4.10. The third kappa shape index (κ3) is 4.20. The van der Waals surface area contributed by atoms with Crippen LogP contribution in [0, 0.1) is 24.2 Å². The van der Waals surface area contributed by atoms with E-state index in [1.165, 1.54) is 16.6 Å². The predicted octanol–water partition coefficient (Wildman–Crippen LogP) is 3.96. The Labute approximate surface area is 155 Å². The minimum absolute atomic E-state index is 0.128. The number of aryl methyl sites for hydroxylation is 1. The zero-order valence-electron chi connectivity index (χ0n) is 14.3. The van der Waals surface area contributed by atoms with Gasteiger partial charge in [-0.15, -0.1) is 11.3 Å². The molecule has 1 amide bonds. The maximum Gasteiger partial charge on any atom is 0.235 e. The lowest BCUT2D eigenvalue weighted by atomic mass is 9.86. The number of aromatic nitrogens is 2. The van der Waals surface area contributed by atoms with Crippen LogP contribution in [0.4, 0.5) is 5.00 Å². The first-order chi connectivity index (χ1) is 12.1. The normalized spacial score (nSPS) is 16.1. The highest BCUT2D eigenvalue weighted by molar-refractivity contribution is 7.99. The molecule has 2 aromatic heterocycles. The molecule has 5 nitrogen and oxygen atoms in total. The highest BCUT2D eigenvalue weighted by Crippen LogP contribution is 2.40. The SMILES string of the molecule is CCC1CCc2c(sc(NC(=O)CSc3nccc(C)n3)c2C#N)C1. The molecule has 1 unspecified atom stereocenters. The van der Waals surface area contributed by atoms with Gasteiger partial charge in [0, 0.05) is 16.8 Å². The summed E-state index contributed by atoms with van der Waals surface area (Å²) in [4.78, 5) is 22.0. The number of nitrogens with zero attached hydrogens (tertiary/aromatic N) is 3. The fraction of sp³-hybridized carbons (Fsp3) is 0.444. The van der Waals surface area contributed by atoms with E-state index in [-0.39, 0.29) is 11.7 Å². The molecule has 0 spiro atoms. The van der Waals surface area contributed by atoms with E-state index in [1.54, 1.807) is 17.5 Å². The van der Waals surface area contributed by atoms with Gasteiger partial charge < -0.3 is 5.32 Å². The summed E-state index contributed by atoms with van der Waals surface area (Å²) in [7, 11) is 0. The number of thioether (sulfide) groups is 1. The molecule has 3 rings (SSSR count). The van der Waals surface area contributed by atoms with Gasteiger partial charge in [-0.3, -0.25) is 4.79 Å². The number of hydrogen-bond acceptors (Lipinski definition) is 6. The zero-order valence-corrected chi connectivity index (χ0v) is 16.0. The van der Waals surface area contributed by atoms with Crippen LogP contribution in [0.3, 0.4) is 0 Å². The highest BCUT2D eigenvalue weighted by Gasteiger charge is 2.25. The molecule has 1 N–H and O–H groups in total. The monoisotopic (exact) mass is 372 g/mol. The van der Waals surface area contributed by atoms with E-state index in [0.29, 0.717) is 21.6 Å². The van der Waals surface area contributed by atoms with Crippen molar-refractivity contribution >= 4 is 34.0 Å². The standard InChI is InChI=1S/C18H20N4OS2/c1-3-12-4-5-13-14(9-19)17(25-15(13)8-12)22-16(23)10-24-18-20-7-6-11(2)21-18/h6-7,12H,3-5,8,10H2,1-2H3,(H,22,23). The van der Waals surface area contributed by atoms with Crippen LogP contribution in [0.5, 0.6) is 0 Å². The molecule has 0 saturated heterocycles. The molecule has 2 heterocycles. The molecule has 0 radical (unpaired) electrons. The first kappa shape index (κ1) is 17.9. The maximum absolute atomic E-state index is 12.3. The molecule has 1 aliphatic rings. The van der Waals surface area contributed by atoms with Crippen LogP contribution in [0.25, 0.3) is 0 Å². The van der Waals surface area contributed by atoms with Gasteiger partial charge in [0.05, 0.1) is 11.3 Å². The van der Waals surface area contributed by atoms with E-state index in [9.17, 15) is 10.1 Å². The van der Waals surface area contributed by atoms with Crippen LogP contribution in [0.1, 0.15) is 41.5 Å².